The normalized spacial score (nSPS) is 12.0. The minimum atomic E-state index is -0.0868. The molecule has 0 aliphatic rings. The molecule has 0 bridgehead atoms. The van der Waals surface area contributed by atoms with Crippen molar-refractivity contribution in [1.29, 1.82) is 0 Å². The van der Waals surface area contributed by atoms with Crippen molar-refractivity contribution in [3.8, 4) is 62.2 Å². The van der Waals surface area contributed by atoms with E-state index in [1.807, 2.05) is 29.0 Å². The van der Waals surface area contributed by atoms with Crippen LogP contribution >= 0.6 is 0 Å². The molecule has 0 spiro atoms. The Kier molecular flexibility index (Phi) is 10.8. The molecule has 8 heteroatoms. The van der Waals surface area contributed by atoms with Crippen molar-refractivity contribution in [2.45, 2.75) is 26.2 Å². The maximum absolute atomic E-state index is 6.75. The SMILES string of the molecule is CC(C)(C)c1ccnc(-n2c3[c-]c(Oc4[c-]c(-n5[c-][n+](-c6cc7c8ccccc8n8c9ccccc9c(c6)c78)c6ccccc65)ncc4)ccc3c3cc(-c4cc(-c5ccccc5)cc(-c5ccccc5)c4)ccc32)c1.[Pt]. The summed E-state index contributed by atoms with van der Waals surface area (Å²) < 4.78 is 15.5. The zero-order valence-corrected chi connectivity index (χ0v) is 44.5. The molecule has 15 rings (SSSR count). The zero-order chi connectivity index (χ0) is 50.6. The Labute approximate surface area is 459 Å². The zero-order valence-electron chi connectivity index (χ0n) is 42.3. The predicted octanol–water partition coefficient (Wildman–Crippen LogP) is 16.4. The average Bonchev–Trinajstić information content (AvgIpc) is 4.42. The maximum atomic E-state index is 6.75. The van der Waals surface area contributed by atoms with Gasteiger partial charge in [0.25, 0.3) is 6.33 Å². The fraction of sp³-hybridized carbons (Fsp3) is 0.0580. The van der Waals surface area contributed by atoms with Crippen LogP contribution in [0.5, 0.6) is 11.5 Å². The predicted molar refractivity (Wildman–Crippen MR) is 307 cm³/mol. The maximum Gasteiger partial charge on any atom is 0.269 e. The van der Waals surface area contributed by atoms with E-state index in [-0.39, 0.29) is 26.5 Å². The molecule has 0 amide bonds. The van der Waals surface area contributed by atoms with Crippen molar-refractivity contribution >= 4 is 70.9 Å². The number of benzene rings is 9. The summed E-state index contributed by atoms with van der Waals surface area (Å²) in [5.74, 6) is 2.41. The van der Waals surface area contributed by atoms with E-state index in [9.17, 15) is 0 Å². The number of rotatable bonds is 8. The first kappa shape index (κ1) is 46.4. The molecule has 0 unspecified atom stereocenters. The monoisotopic (exact) mass is 1170 g/mol. The fourth-order valence-electron chi connectivity index (χ4n) is 11.4. The van der Waals surface area contributed by atoms with E-state index in [0.29, 0.717) is 17.3 Å². The van der Waals surface area contributed by atoms with Gasteiger partial charge in [-0.05, 0) is 116 Å². The summed E-state index contributed by atoms with van der Waals surface area (Å²) in [6, 6.07) is 82.7. The third kappa shape index (κ3) is 7.64. The number of pyridine rings is 2. The number of ether oxygens (including phenoxy) is 1. The molecule has 0 aliphatic carbocycles. The number of para-hydroxylation sites is 4. The fourth-order valence-corrected chi connectivity index (χ4v) is 11.4. The molecular weight excluding hydrogens is 1120 g/mol. The summed E-state index contributed by atoms with van der Waals surface area (Å²) in [5.41, 5.74) is 16.5. The molecular formula is C69H46N6OPt-2. The summed E-state index contributed by atoms with van der Waals surface area (Å²) >= 11 is 0. The number of hydrogen-bond donors (Lipinski definition) is 0. The first-order chi connectivity index (χ1) is 37.3. The Hall–Kier alpha value is -9.16. The second kappa shape index (κ2) is 18.0. The van der Waals surface area contributed by atoms with E-state index in [1.165, 1.54) is 65.9 Å². The van der Waals surface area contributed by atoms with Gasteiger partial charge in [-0.1, -0.05) is 166 Å². The van der Waals surface area contributed by atoms with Gasteiger partial charge in [0.1, 0.15) is 5.82 Å². The minimum Gasteiger partial charge on any atom is -0.522 e. The van der Waals surface area contributed by atoms with Crippen LogP contribution in [0.15, 0.2) is 225 Å². The van der Waals surface area contributed by atoms with E-state index in [2.05, 4.69) is 247 Å². The molecule has 0 fully saturated rings. The van der Waals surface area contributed by atoms with E-state index < -0.39 is 0 Å². The second-order valence-electron chi connectivity index (χ2n) is 20.7. The van der Waals surface area contributed by atoms with Crippen LogP contribution in [0, 0.1) is 18.5 Å². The van der Waals surface area contributed by atoms with Gasteiger partial charge in [-0.2, -0.15) is 18.2 Å². The molecule has 77 heavy (non-hydrogen) atoms. The molecule has 0 N–H and O–H groups in total. The number of aromatic nitrogens is 6. The summed E-state index contributed by atoms with van der Waals surface area (Å²) in [5, 5.41) is 6.97. The van der Waals surface area contributed by atoms with Gasteiger partial charge in [0.15, 0.2) is 0 Å². The van der Waals surface area contributed by atoms with Gasteiger partial charge >= 0.3 is 0 Å². The number of nitrogens with zero attached hydrogens (tertiary/aromatic N) is 6. The Bertz CT molecular complexity index is 4640. The number of hydrogen-bond acceptors (Lipinski definition) is 3. The second-order valence-corrected chi connectivity index (χ2v) is 20.7. The van der Waals surface area contributed by atoms with Crippen molar-refractivity contribution < 1.29 is 30.4 Å². The molecule has 7 nitrogen and oxygen atoms in total. The molecule has 370 valence electrons. The van der Waals surface area contributed by atoms with Crippen molar-refractivity contribution in [1.82, 2.24) is 23.5 Å². The smallest absolute Gasteiger partial charge is 0.269 e. The van der Waals surface area contributed by atoms with E-state index in [4.69, 9.17) is 14.7 Å². The third-order valence-electron chi connectivity index (χ3n) is 15.1. The molecule has 15 aromatic rings. The van der Waals surface area contributed by atoms with Crippen LogP contribution in [0.3, 0.4) is 0 Å². The number of imidazole rings is 1. The van der Waals surface area contributed by atoms with Crippen LogP contribution in [0.1, 0.15) is 26.3 Å². The van der Waals surface area contributed by atoms with Gasteiger partial charge in [0.05, 0.1) is 39.1 Å². The Morgan fingerprint density at radius 2 is 1.05 bits per heavy atom. The standard InChI is InChI=1S/C69H46N6O.Pt/c1-69(2,3)50-30-32-71-67(38-50)74-62-29-26-46(49-35-47(44-16-6-4-7-17-44)34-48(36-49)45-18-8-5-9-19-45)37-57(62)56-28-27-52(41-65(56)74)76-53-31-33-70-66(42-53)73-43-72(63-24-14-15-25-64(63)73)51-39-58-54-20-10-12-22-60(54)75-61-23-13-11-21-55(61)59(40-51)68(58)75;/h4-40H,1-3H3;/q-2;. The van der Waals surface area contributed by atoms with Crippen molar-refractivity contribution in [2.24, 2.45) is 0 Å². The van der Waals surface area contributed by atoms with Gasteiger partial charge in [0.2, 0.25) is 0 Å². The molecule has 0 saturated heterocycles. The Morgan fingerprint density at radius 1 is 0.455 bits per heavy atom. The van der Waals surface area contributed by atoms with Gasteiger partial charge in [-0.15, -0.1) is 17.5 Å². The first-order valence-corrected chi connectivity index (χ1v) is 25.7. The van der Waals surface area contributed by atoms with Crippen molar-refractivity contribution in [3.63, 3.8) is 0 Å². The van der Waals surface area contributed by atoms with Crippen LogP contribution in [0.4, 0.5) is 0 Å². The average molecular weight is 1170 g/mol. The molecule has 6 aromatic heterocycles. The van der Waals surface area contributed by atoms with Crippen LogP contribution in [-0.2, 0) is 26.5 Å². The third-order valence-corrected chi connectivity index (χ3v) is 15.1. The summed E-state index contributed by atoms with van der Waals surface area (Å²) in [6.07, 6.45) is 7.36. The summed E-state index contributed by atoms with van der Waals surface area (Å²) in [6.45, 7) is 6.70. The molecule has 6 heterocycles. The summed E-state index contributed by atoms with van der Waals surface area (Å²) in [4.78, 5) is 9.86. The van der Waals surface area contributed by atoms with Gasteiger partial charge in [-0.25, -0.2) is 4.98 Å². The molecule has 0 saturated carbocycles. The number of fused-ring (bicyclic) bond motifs is 10. The Morgan fingerprint density at radius 3 is 1.73 bits per heavy atom. The first-order valence-electron chi connectivity index (χ1n) is 25.7. The topological polar surface area (TPSA) is 53.2 Å². The van der Waals surface area contributed by atoms with Crippen LogP contribution in [0.25, 0.3) is 122 Å². The molecule has 0 radical (unpaired) electrons. The van der Waals surface area contributed by atoms with E-state index in [1.54, 1.807) is 6.20 Å². The van der Waals surface area contributed by atoms with Crippen LogP contribution < -0.4 is 9.30 Å². The Balaban J connectivity index is 0.00000540. The minimum absolute atomic E-state index is 0. The molecule has 0 aliphatic heterocycles. The molecule has 0 atom stereocenters. The van der Waals surface area contributed by atoms with Crippen molar-refractivity contribution in [3.05, 3.63) is 249 Å². The van der Waals surface area contributed by atoms with Gasteiger partial charge in [-0.3, -0.25) is 14.1 Å². The molecule has 9 aromatic carbocycles. The van der Waals surface area contributed by atoms with Crippen molar-refractivity contribution in [2.75, 3.05) is 0 Å². The van der Waals surface area contributed by atoms with E-state index in [0.717, 1.165) is 55.5 Å². The van der Waals surface area contributed by atoms with E-state index >= 15 is 0 Å². The van der Waals surface area contributed by atoms with Gasteiger partial charge in [0, 0.05) is 60.1 Å². The largest absolute Gasteiger partial charge is 0.522 e. The van der Waals surface area contributed by atoms with Crippen LogP contribution in [0.2, 0.25) is 0 Å². The summed E-state index contributed by atoms with van der Waals surface area (Å²) in [7, 11) is 0. The quantitative estimate of drug-likeness (QED) is 0.113. The van der Waals surface area contributed by atoms with Gasteiger partial charge < -0.3 is 13.7 Å². The van der Waals surface area contributed by atoms with Crippen LogP contribution in [-0.4, -0.2) is 23.5 Å².